The van der Waals surface area contributed by atoms with Gasteiger partial charge < -0.3 is 5.32 Å². The second-order valence-electron chi connectivity index (χ2n) is 5.15. The van der Waals surface area contributed by atoms with Gasteiger partial charge in [-0.15, -0.1) is 11.3 Å². The Morgan fingerprint density at radius 3 is 2.60 bits per heavy atom. The van der Waals surface area contributed by atoms with Gasteiger partial charge in [-0.2, -0.15) is 0 Å². The average molecular weight is 226 g/mol. The lowest BCUT2D eigenvalue weighted by molar-refractivity contribution is 0.288. The highest BCUT2D eigenvalue weighted by Gasteiger charge is 2.18. The van der Waals surface area contributed by atoms with Crippen molar-refractivity contribution in [1.29, 1.82) is 0 Å². The molecule has 1 aromatic rings. The number of aryl methyl sites for hydroxylation is 1. The van der Waals surface area contributed by atoms with E-state index in [1.807, 2.05) is 5.51 Å². The molecule has 0 bridgehead atoms. The summed E-state index contributed by atoms with van der Waals surface area (Å²) in [6, 6.07) is 0.547. The van der Waals surface area contributed by atoms with Crippen LogP contribution in [0.15, 0.2) is 5.51 Å². The van der Waals surface area contributed by atoms with Crippen LogP contribution in [0, 0.1) is 12.3 Å². The van der Waals surface area contributed by atoms with Crippen LogP contribution in [0.25, 0.3) is 0 Å². The van der Waals surface area contributed by atoms with Crippen molar-refractivity contribution in [3.05, 3.63) is 16.1 Å². The molecule has 1 heterocycles. The Bertz CT molecular complexity index is 299. The molecule has 15 heavy (non-hydrogen) atoms. The van der Waals surface area contributed by atoms with Crippen molar-refractivity contribution in [2.75, 3.05) is 6.54 Å². The highest BCUT2D eigenvalue weighted by Crippen LogP contribution is 2.18. The van der Waals surface area contributed by atoms with Crippen LogP contribution in [0.2, 0.25) is 0 Å². The van der Waals surface area contributed by atoms with Crippen LogP contribution in [-0.4, -0.2) is 17.6 Å². The summed E-state index contributed by atoms with van der Waals surface area (Å²) >= 11 is 1.76. The molecule has 1 unspecified atom stereocenters. The molecule has 0 radical (unpaired) electrons. The molecule has 1 rings (SSSR count). The predicted molar refractivity (Wildman–Crippen MR) is 67.5 cm³/mol. The third kappa shape index (κ3) is 3.92. The summed E-state index contributed by atoms with van der Waals surface area (Å²) in [6.45, 7) is 12.2. The van der Waals surface area contributed by atoms with Gasteiger partial charge in [0.1, 0.15) is 0 Å². The van der Waals surface area contributed by atoms with Crippen molar-refractivity contribution < 1.29 is 0 Å². The summed E-state index contributed by atoms with van der Waals surface area (Å²) in [6.07, 6.45) is 1.09. The quantitative estimate of drug-likeness (QED) is 0.853. The van der Waals surface area contributed by atoms with E-state index in [0.29, 0.717) is 11.5 Å². The molecule has 0 spiro atoms. The maximum atomic E-state index is 4.25. The number of aromatic nitrogens is 1. The lowest BCUT2D eigenvalue weighted by Crippen LogP contribution is -2.38. The van der Waals surface area contributed by atoms with Crippen LogP contribution in [-0.2, 0) is 6.42 Å². The zero-order valence-corrected chi connectivity index (χ0v) is 11.2. The van der Waals surface area contributed by atoms with Gasteiger partial charge in [0.25, 0.3) is 0 Å². The van der Waals surface area contributed by atoms with Gasteiger partial charge in [-0.3, -0.25) is 0 Å². The fraction of sp³-hybridized carbons (Fsp3) is 0.750. The number of thiazole rings is 1. The molecule has 2 nitrogen and oxygen atoms in total. The van der Waals surface area contributed by atoms with Gasteiger partial charge in [-0.1, -0.05) is 20.8 Å². The highest BCUT2D eigenvalue weighted by molar-refractivity contribution is 7.09. The standard InChI is InChI=1S/C12H22N2S/c1-9-11(15-8-14-9)6-7-13-10(2)12(3,4)5/h8,10,13H,6-7H2,1-5H3. The van der Waals surface area contributed by atoms with Gasteiger partial charge in [0.15, 0.2) is 0 Å². The maximum absolute atomic E-state index is 4.25. The second kappa shape index (κ2) is 5.08. The molecule has 0 aliphatic carbocycles. The van der Waals surface area contributed by atoms with Gasteiger partial charge in [0.05, 0.1) is 11.2 Å². The molecule has 0 aliphatic heterocycles. The lowest BCUT2D eigenvalue weighted by atomic mass is 9.88. The Balaban J connectivity index is 2.31. The molecule has 0 fully saturated rings. The van der Waals surface area contributed by atoms with E-state index in [4.69, 9.17) is 0 Å². The van der Waals surface area contributed by atoms with E-state index in [1.54, 1.807) is 11.3 Å². The summed E-state index contributed by atoms with van der Waals surface area (Å²) in [5.74, 6) is 0. The zero-order chi connectivity index (χ0) is 11.5. The molecule has 86 valence electrons. The highest BCUT2D eigenvalue weighted by atomic mass is 32.1. The summed E-state index contributed by atoms with van der Waals surface area (Å²) in [4.78, 5) is 5.66. The normalized spacial score (nSPS) is 14.2. The van der Waals surface area contributed by atoms with Crippen molar-refractivity contribution in [3.8, 4) is 0 Å². The average Bonchev–Trinajstić information content (AvgIpc) is 2.50. The van der Waals surface area contributed by atoms with Crippen LogP contribution in [0.1, 0.15) is 38.3 Å². The second-order valence-corrected chi connectivity index (χ2v) is 6.09. The van der Waals surface area contributed by atoms with E-state index in [0.717, 1.165) is 13.0 Å². The van der Waals surface area contributed by atoms with Crippen molar-refractivity contribution >= 4 is 11.3 Å². The van der Waals surface area contributed by atoms with Crippen molar-refractivity contribution in [2.45, 2.75) is 47.1 Å². The van der Waals surface area contributed by atoms with E-state index >= 15 is 0 Å². The molecule has 1 N–H and O–H groups in total. The summed E-state index contributed by atoms with van der Waals surface area (Å²) < 4.78 is 0. The number of hydrogen-bond acceptors (Lipinski definition) is 3. The van der Waals surface area contributed by atoms with Crippen LogP contribution in [0.3, 0.4) is 0 Å². The Kier molecular flexibility index (Phi) is 4.29. The maximum Gasteiger partial charge on any atom is 0.0797 e. The molecule has 0 saturated carbocycles. The molecule has 0 saturated heterocycles. The van der Waals surface area contributed by atoms with Gasteiger partial charge in [-0.25, -0.2) is 4.98 Å². The summed E-state index contributed by atoms with van der Waals surface area (Å²) in [7, 11) is 0. The minimum atomic E-state index is 0.336. The first-order chi connectivity index (χ1) is 6.91. The minimum absolute atomic E-state index is 0.336. The topological polar surface area (TPSA) is 24.9 Å². The summed E-state index contributed by atoms with van der Waals surface area (Å²) in [5, 5.41) is 3.57. The number of nitrogens with one attached hydrogen (secondary N) is 1. The van der Waals surface area contributed by atoms with Crippen molar-refractivity contribution in [2.24, 2.45) is 5.41 Å². The van der Waals surface area contributed by atoms with E-state index < -0.39 is 0 Å². The summed E-state index contributed by atoms with van der Waals surface area (Å²) in [5.41, 5.74) is 3.45. The monoisotopic (exact) mass is 226 g/mol. The Morgan fingerprint density at radius 1 is 1.47 bits per heavy atom. The molecule has 3 heteroatoms. The van der Waals surface area contributed by atoms with Crippen LogP contribution < -0.4 is 5.32 Å². The number of hydrogen-bond donors (Lipinski definition) is 1. The molecule has 0 aromatic carbocycles. The molecular formula is C12H22N2S. The Hall–Kier alpha value is -0.410. The van der Waals surface area contributed by atoms with Gasteiger partial charge in [0.2, 0.25) is 0 Å². The van der Waals surface area contributed by atoms with E-state index in [2.05, 4.69) is 44.9 Å². The van der Waals surface area contributed by atoms with Gasteiger partial charge in [0, 0.05) is 17.5 Å². The molecule has 0 amide bonds. The largest absolute Gasteiger partial charge is 0.313 e. The Morgan fingerprint density at radius 2 is 2.13 bits per heavy atom. The molecular weight excluding hydrogens is 204 g/mol. The van der Waals surface area contributed by atoms with E-state index in [-0.39, 0.29) is 0 Å². The zero-order valence-electron chi connectivity index (χ0n) is 10.4. The number of rotatable bonds is 4. The third-order valence-electron chi connectivity index (χ3n) is 2.95. The number of nitrogens with zero attached hydrogens (tertiary/aromatic N) is 1. The van der Waals surface area contributed by atoms with Crippen LogP contribution >= 0.6 is 11.3 Å². The molecule has 1 atom stereocenters. The van der Waals surface area contributed by atoms with Crippen molar-refractivity contribution in [1.82, 2.24) is 10.3 Å². The first-order valence-corrected chi connectivity index (χ1v) is 6.41. The van der Waals surface area contributed by atoms with Crippen LogP contribution in [0.4, 0.5) is 0 Å². The first kappa shape index (κ1) is 12.7. The van der Waals surface area contributed by atoms with Crippen LogP contribution in [0.5, 0.6) is 0 Å². The predicted octanol–water partition coefficient (Wildman–Crippen LogP) is 3.02. The fourth-order valence-corrected chi connectivity index (χ4v) is 2.06. The van der Waals surface area contributed by atoms with E-state index in [9.17, 15) is 0 Å². The molecule has 1 aromatic heterocycles. The first-order valence-electron chi connectivity index (χ1n) is 5.53. The smallest absolute Gasteiger partial charge is 0.0797 e. The SMILES string of the molecule is Cc1ncsc1CCNC(C)C(C)(C)C. The van der Waals surface area contributed by atoms with Crippen molar-refractivity contribution in [3.63, 3.8) is 0 Å². The van der Waals surface area contributed by atoms with Gasteiger partial charge in [-0.05, 0) is 25.7 Å². The fourth-order valence-electron chi connectivity index (χ4n) is 1.27. The molecule has 0 aliphatic rings. The van der Waals surface area contributed by atoms with Gasteiger partial charge >= 0.3 is 0 Å². The lowest BCUT2D eigenvalue weighted by Gasteiger charge is -2.28. The third-order valence-corrected chi connectivity index (χ3v) is 3.94. The Labute approximate surface area is 97.1 Å². The van der Waals surface area contributed by atoms with E-state index in [1.165, 1.54) is 10.6 Å². The minimum Gasteiger partial charge on any atom is -0.313 e.